The zero-order chi connectivity index (χ0) is 11.6. The van der Waals surface area contributed by atoms with Gasteiger partial charge in [0, 0.05) is 0 Å². The molecule has 0 aliphatic carbocycles. The first kappa shape index (κ1) is 15.6. The molecule has 0 aromatic carbocycles. The summed E-state index contributed by atoms with van der Waals surface area (Å²) in [4.78, 5) is 0. The second-order valence-corrected chi connectivity index (χ2v) is 5.56. The fraction of sp³-hybridized carbons (Fsp3) is 0.929. The van der Waals surface area contributed by atoms with Crippen molar-refractivity contribution in [2.45, 2.75) is 78.6 Å². The Kier molecular flexibility index (Phi) is 10.2. The number of hydrogen-bond donors (Lipinski definition) is 0. The van der Waals surface area contributed by atoms with Crippen LogP contribution in [0.4, 0.5) is 0 Å². The van der Waals surface area contributed by atoms with E-state index in [1.165, 1.54) is 79.6 Å². The molecule has 0 heterocycles. The van der Waals surface area contributed by atoms with Crippen LogP contribution in [0.5, 0.6) is 0 Å². The third-order valence-corrected chi connectivity index (χ3v) is 5.08. The van der Waals surface area contributed by atoms with Crippen LogP contribution in [0, 0.1) is 9.23 Å². The van der Waals surface area contributed by atoms with Gasteiger partial charge in [-0.1, -0.05) is 0 Å². The van der Waals surface area contributed by atoms with Gasteiger partial charge in [0.25, 0.3) is 0 Å². The van der Waals surface area contributed by atoms with Gasteiger partial charge in [0.2, 0.25) is 0 Å². The molecule has 0 amide bonds. The SMILES string of the molecule is CCCCC([C]#[SnH])(CCCC)CCCC. The van der Waals surface area contributed by atoms with Crippen molar-refractivity contribution in [3.63, 3.8) is 0 Å². The molecule has 0 rings (SSSR count). The van der Waals surface area contributed by atoms with Gasteiger partial charge in [0.05, 0.1) is 0 Å². The van der Waals surface area contributed by atoms with Crippen molar-refractivity contribution in [2.75, 3.05) is 0 Å². The van der Waals surface area contributed by atoms with E-state index in [0.717, 1.165) is 0 Å². The van der Waals surface area contributed by atoms with Crippen molar-refractivity contribution in [1.82, 2.24) is 0 Å². The predicted molar refractivity (Wildman–Crippen MR) is 72.0 cm³/mol. The molecule has 0 aromatic rings. The molecule has 0 unspecified atom stereocenters. The first-order valence-electron chi connectivity index (χ1n) is 6.72. The molecule has 0 bridgehead atoms. The van der Waals surface area contributed by atoms with E-state index in [0.29, 0.717) is 5.41 Å². The first-order chi connectivity index (χ1) is 7.24. The summed E-state index contributed by atoms with van der Waals surface area (Å²) < 4.78 is 3.75. The van der Waals surface area contributed by atoms with Crippen LogP contribution in [0.3, 0.4) is 0 Å². The van der Waals surface area contributed by atoms with Crippen LogP contribution >= 0.6 is 0 Å². The molecule has 0 N–H and O–H groups in total. The molecule has 88 valence electrons. The van der Waals surface area contributed by atoms with E-state index in [4.69, 9.17) is 0 Å². The molecule has 15 heavy (non-hydrogen) atoms. The second-order valence-electron chi connectivity index (χ2n) is 4.74. The summed E-state index contributed by atoms with van der Waals surface area (Å²) in [5, 5.41) is 0. The van der Waals surface area contributed by atoms with Gasteiger partial charge in [-0.15, -0.1) is 0 Å². The summed E-state index contributed by atoms with van der Waals surface area (Å²) in [6, 6.07) is 0. The minimum atomic E-state index is 0.504. The summed E-state index contributed by atoms with van der Waals surface area (Å²) in [6.45, 7) is 6.91. The third kappa shape index (κ3) is 6.68. The maximum absolute atomic E-state index is 3.75. The molecule has 0 spiro atoms. The number of hydrogen-bond acceptors (Lipinski definition) is 0. The number of unbranched alkanes of at least 4 members (excludes halogenated alkanes) is 3. The Hall–Kier alpha value is 0.579. The Morgan fingerprint density at radius 3 is 1.33 bits per heavy atom. The van der Waals surface area contributed by atoms with Crippen LogP contribution in [0.1, 0.15) is 78.6 Å². The minimum absolute atomic E-state index is 0.504. The summed E-state index contributed by atoms with van der Waals surface area (Å²) in [5.41, 5.74) is 0.504. The van der Waals surface area contributed by atoms with Gasteiger partial charge in [0.1, 0.15) is 0 Å². The Bertz CT molecular complexity index is 156. The second kappa shape index (κ2) is 9.78. The third-order valence-electron chi connectivity index (χ3n) is 3.33. The van der Waals surface area contributed by atoms with Crippen molar-refractivity contribution >= 4 is 21.8 Å². The average molecular weight is 315 g/mol. The molecule has 0 saturated heterocycles. The van der Waals surface area contributed by atoms with Gasteiger partial charge in [-0.3, -0.25) is 0 Å². The van der Waals surface area contributed by atoms with Gasteiger partial charge in [0.15, 0.2) is 0 Å². The predicted octanol–water partition coefficient (Wildman–Crippen LogP) is 4.40. The topological polar surface area (TPSA) is 0 Å². The summed E-state index contributed by atoms with van der Waals surface area (Å²) in [6.07, 6.45) is 12.4. The Morgan fingerprint density at radius 2 is 1.13 bits per heavy atom. The van der Waals surface area contributed by atoms with E-state index in [1.807, 2.05) is 0 Å². The van der Waals surface area contributed by atoms with Crippen molar-refractivity contribution in [3.8, 4) is 3.82 Å². The van der Waals surface area contributed by atoms with E-state index in [-0.39, 0.29) is 0 Å². The summed E-state index contributed by atoms with van der Waals surface area (Å²) in [7, 11) is 0. The van der Waals surface area contributed by atoms with Gasteiger partial charge in [-0.25, -0.2) is 0 Å². The summed E-state index contributed by atoms with van der Waals surface area (Å²) in [5.74, 6) is 0. The Labute approximate surface area is 109 Å². The van der Waals surface area contributed by atoms with Crippen LogP contribution in [0.2, 0.25) is 0 Å². The molecule has 1 heteroatoms. The van der Waals surface area contributed by atoms with Crippen LogP contribution < -0.4 is 0 Å². The zero-order valence-electron chi connectivity index (χ0n) is 10.9. The monoisotopic (exact) mass is 316 g/mol. The van der Waals surface area contributed by atoms with E-state index in [9.17, 15) is 0 Å². The van der Waals surface area contributed by atoms with E-state index < -0.39 is 0 Å². The normalized spacial score (nSPS) is 11.3. The molecule has 0 aromatic heterocycles. The standard InChI is InChI=1S/C14H27.Sn.H/c1-5-8-11-14(4,12-9-6-2)13-10-7-3;;/h5-13H2,1-3H3;;. The molecule has 0 fully saturated rings. The van der Waals surface area contributed by atoms with E-state index in [2.05, 4.69) is 24.6 Å². The van der Waals surface area contributed by atoms with Gasteiger partial charge >= 0.3 is 110 Å². The Morgan fingerprint density at radius 1 is 0.800 bits per heavy atom. The maximum atomic E-state index is 3.75. The van der Waals surface area contributed by atoms with Crippen molar-refractivity contribution in [3.05, 3.63) is 0 Å². The number of rotatable bonds is 9. The van der Waals surface area contributed by atoms with Crippen molar-refractivity contribution < 1.29 is 0 Å². The van der Waals surface area contributed by atoms with Crippen LogP contribution in [-0.4, -0.2) is 21.8 Å². The fourth-order valence-corrected chi connectivity index (χ4v) is 3.37. The van der Waals surface area contributed by atoms with Crippen molar-refractivity contribution in [1.29, 1.82) is 0 Å². The molecule has 0 aliphatic heterocycles. The first-order valence-corrected chi connectivity index (χ1v) is 8.37. The fourth-order valence-electron chi connectivity index (χ4n) is 2.14. The molecular formula is C14H28Sn. The van der Waals surface area contributed by atoms with E-state index >= 15 is 0 Å². The van der Waals surface area contributed by atoms with Crippen LogP contribution in [-0.2, 0) is 0 Å². The van der Waals surface area contributed by atoms with Crippen LogP contribution in [0.25, 0.3) is 0 Å². The van der Waals surface area contributed by atoms with Gasteiger partial charge in [-0.05, 0) is 0 Å². The molecular weight excluding hydrogens is 287 g/mol. The quantitative estimate of drug-likeness (QED) is 0.553. The summed E-state index contributed by atoms with van der Waals surface area (Å²) >= 11 is 1.21. The zero-order valence-corrected chi connectivity index (χ0v) is 14.2. The Balaban J connectivity index is 4.25. The average Bonchev–Trinajstić information content (AvgIpc) is 2.29. The van der Waals surface area contributed by atoms with Gasteiger partial charge < -0.3 is 0 Å². The van der Waals surface area contributed by atoms with E-state index in [1.54, 1.807) is 0 Å². The molecule has 0 nitrogen and oxygen atoms in total. The molecule has 0 atom stereocenters. The van der Waals surface area contributed by atoms with Gasteiger partial charge in [-0.2, -0.15) is 0 Å². The van der Waals surface area contributed by atoms with Crippen LogP contribution in [0.15, 0.2) is 0 Å². The molecule has 0 aliphatic rings. The van der Waals surface area contributed by atoms with Crippen molar-refractivity contribution in [2.24, 2.45) is 5.41 Å². The molecule has 0 radical (unpaired) electrons. The molecule has 0 saturated carbocycles.